The van der Waals surface area contributed by atoms with Crippen LogP contribution in [-0.2, 0) is 26.0 Å². The fourth-order valence-corrected chi connectivity index (χ4v) is 6.53. The maximum Gasteiger partial charge on any atom is 0.330 e. The Morgan fingerprint density at radius 2 is 1.89 bits per heavy atom. The molecule has 1 fully saturated rings. The Bertz CT molecular complexity index is 1320. The molecule has 0 N–H and O–H groups in total. The molecule has 1 aliphatic heterocycles. The topological polar surface area (TPSA) is 81.5 Å². The lowest BCUT2D eigenvalue weighted by Gasteiger charge is -2.28. The number of benzene rings is 1. The van der Waals surface area contributed by atoms with E-state index >= 15 is 0 Å². The molecule has 192 valence electrons. The Morgan fingerprint density at radius 1 is 1.14 bits per heavy atom. The van der Waals surface area contributed by atoms with E-state index in [1.54, 1.807) is 24.3 Å². The third-order valence-electron chi connectivity index (χ3n) is 7.24. The predicted molar refractivity (Wildman–Crippen MR) is 140 cm³/mol. The number of carbonyl (C=O) groups excluding carboxylic acids is 1. The van der Waals surface area contributed by atoms with Gasteiger partial charge in [0.2, 0.25) is 0 Å². The van der Waals surface area contributed by atoms with Gasteiger partial charge in [0.1, 0.15) is 0 Å². The van der Waals surface area contributed by atoms with Crippen LogP contribution in [0.2, 0.25) is 0 Å². The lowest BCUT2D eigenvalue weighted by atomic mass is 9.92. The summed E-state index contributed by atoms with van der Waals surface area (Å²) in [5, 5.41) is 4.43. The highest BCUT2D eigenvalue weighted by Crippen LogP contribution is 2.31. The van der Waals surface area contributed by atoms with Crippen LogP contribution in [0.5, 0.6) is 0 Å². The van der Waals surface area contributed by atoms with Crippen molar-refractivity contribution in [1.29, 1.82) is 0 Å². The van der Waals surface area contributed by atoms with Crippen LogP contribution in [0.25, 0.3) is 0 Å². The molecule has 0 saturated carbocycles. The molecule has 4 rings (SSSR count). The lowest BCUT2D eigenvalue weighted by Crippen LogP contribution is -2.33. The van der Waals surface area contributed by atoms with Gasteiger partial charge in [-0.15, -0.1) is 0 Å². The molecule has 1 saturated heterocycles. The zero-order chi connectivity index (χ0) is 25.9. The van der Waals surface area contributed by atoms with Crippen LogP contribution in [0.3, 0.4) is 0 Å². The van der Waals surface area contributed by atoms with Gasteiger partial charge in [0.15, 0.2) is 0 Å². The van der Waals surface area contributed by atoms with Crippen molar-refractivity contribution in [3.63, 3.8) is 0 Å². The summed E-state index contributed by atoms with van der Waals surface area (Å²) >= 11 is 0. The van der Waals surface area contributed by atoms with Crippen molar-refractivity contribution in [1.82, 2.24) is 14.1 Å². The molecule has 8 heteroatoms. The van der Waals surface area contributed by atoms with Gasteiger partial charge < -0.3 is 4.74 Å². The highest BCUT2D eigenvalue weighted by atomic mass is 32.2. The Morgan fingerprint density at radius 3 is 2.56 bits per heavy atom. The van der Waals surface area contributed by atoms with Crippen LogP contribution in [0.1, 0.15) is 48.2 Å². The fourth-order valence-electron chi connectivity index (χ4n) is 5.15. The van der Waals surface area contributed by atoms with Gasteiger partial charge in [-0.3, -0.25) is 4.90 Å². The molecule has 1 aliphatic carbocycles. The summed E-state index contributed by atoms with van der Waals surface area (Å²) in [6, 6.07) is 7.29. The van der Waals surface area contributed by atoms with Crippen LogP contribution in [0.15, 0.2) is 64.6 Å². The number of esters is 1. The minimum absolute atomic E-state index is 0.253. The number of hydrogen-bond acceptors (Lipinski definition) is 6. The number of likely N-dealkylation sites (tertiary alicyclic amines) is 1. The van der Waals surface area contributed by atoms with Gasteiger partial charge in [0, 0.05) is 18.7 Å². The second-order valence-corrected chi connectivity index (χ2v) is 11.4. The van der Waals surface area contributed by atoms with E-state index in [1.165, 1.54) is 22.8 Å². The van der Waals surface area contributed by atoms with Crippen LogP contribution in [0, 0.1) is 20.8 Å². The molecule has 0 spiro atoms. The summed E-state index contributed by atoms with van der Waals surface area (Å²) in [4.78, 5) is 14.1. The zero-order valence-corrected chi connectivity index (χ0v) is 22.3. The molecule has 2 heterocycles. The van der Waals surface area contributed by atoms with Gasteiger partial charge in [0.25, 0.3) is 10.0 Å². The molecule has 36 heavy (non-hydrogen) atoms. The molecule has 0 bridgehead atoms. The first kappa shape index (κ1) is 26.1. The van der Waals surface area contributed by atoms with Crippen molar-refractivity contribution in [2.24, 2.45) is 0 Å². The molecule has 2 aliphatic rings. The van der Waals surface area contributed by atoms with E-state index in [2.05, 4.69) is 26.9 Å². The van der Waals surface area contributed by atoms with Gasteiger partial charge >= 0.3 is 5.97 Å². The molecule has 0 radical (unpaired) electrons. The maximum atomic E-state index is 13.2. The van der Waals surface area contributed by atoms with Crippen molar-refractivity contribution >= 4 is 16.0 Å². The number of hydrogen-bond donors (Lipinski definition) is 0. The smallest absolute Gasteiger partial charge is 0.330 e. The molecule has 1 aromatic carbocycles. The minimum atomic E-state index is -3.73. The summed E-state index contributed by atoms with van der Waals surface area (Å²) in [6.07, 6.45) is 12.5. The van der Waals surface area contributed by atoms with E-state index in [0.717, 1.165) is 67.6 Å². The van der Waals surface area contributed by atoms with E-state index < -0.39 is 10.0 Å². The fraction of sp³-hybridized carbons (Fsp3) is 0.429. The third kappa shape index (κ3) is 5.55. The number of aromatic nitrogens is 2. The van der Waals surface area contributed by atoms with Crippen molar-refractivity contribution in [3.05, 3.63) is 82.2 Å². The summed E-state index contributed by atoms with van der Waals surface area (Å²) in [5.74, 6) is -0.340. The summed E-state index contributed by atoms with van der Waals surface area (Å²) in [5.41, 5.74) is 6.02. The number of allylic oxidation sites excluding steroid dienone is 4. The van der Waals surface area contributed by atoms with Crippen molar-refractivity contribution < 1.29 is 17.9 Å². The van der Waals surface area contributed by atoms with E-state index in [9.17, 15) is 13.2 Å². The number of rotatable bonds is 8. The van der Waals surface area contributed by atoms with Crippen LogP contribution < -0.4 is 0 Å². The molecular formula is C28H35N3O4S. The monoisotopic (exact) mass is 509 g/mol. The largest absolute Gasteiger partial charge is 0.466 e. The Hall–Kier alpha value is -2.97. The van der Waals surface area contributed by atoms with E-state index in [4.69, 9.17) is 0 Å². The second-order valence-electron chi connectivity index (χ2n) is 9.59. The standard InChI is InChI=1S/C28H35N3O4S/c1-20-7-14-25(15-8-20)36(33,34)31-22(3)26(21(2)29-31)17-19-30-18-5-6-27(30)24-12-9-23(10-13-24)11-16-28(32)35-4/h7-9,11-12,14-16,27H,5-6,10,13,17-19H2,1-4H3/b16-11+/t27-/m0/s1. The van der Waals surface area contributed by atoms with E-state index in [-0.39, 0.29) is 10.9 Å². The maximum absolute atomic E-state index is 13.2. The Balaban J connectivity index is 1.46. The summed E-state index contributed by atoms with van der Waals surface area (Å²) < 4.78 is 32.3. The van der Waals surface area contributed by atoms with Gasteiger partial charge in [0.05, 0.1) is 23.4 Å². The van der Waals surface area contributed by atoms with Gasteiger partial charge in [-0.1, -0.05) is 41.5 Å². The van der Waals surface area contributed by atoms with Gasteiger partial charge in [-0.2, -0.15) is 17.6 Å². The lowest BCUT2D eigenvalue weighted by molar-refractivity contribution is -0.134. The first-order chi connectivity index (χ1) is 17.2. The van der Waals surface area contributed by atoms with E-state index in [1.807, 2.05) is 26.8 Å². The first-order valence-electron chi connectivity index (χ1n) is 12.5. The highest BCUT2D eigenvalue weighted by molar-refractivity contribution is 7.89. The average molecular weight is 510 g/mol. The average Bonchev–Trinajstić information content (AvgIpc) is 3.45. The van der Waals surface area contributed by atoms with Crippen molar-refractivity contribution in [3.8, 4) is 0 Å². The number of aryl methyl sites for hydroxylation is 2. The Kier molecular flexibility index (Phi) is 7.95. The van der Waals surface area contributed by atoms with Crippen LogP contribution >= 0.6 is 0 Å². The van der Waals surface area contributed by atoms with Crippen molar-refractivity contribution in [2.45, 2.75) is 63.8 Å². The minimum Gasteiger partial charge on any atom is -0.466 e. The molecule has 2 aromatic rings. The molecular weight excluding hydrogens is 474 g/mol. The van der Waals surface area contributed by atoms with Crippen LogP contribution in [0.4, 0.5) is 0 Å². The summed E-state index contributed by atoms with van der Waals surface area (Å²) in [6.45, 7) is 7.57. The second kappa shape index (κ2) is 11.0. The Labute approximate surface area is 214 Å². The number of ether oxygens (including phenoxy) is 1. The highest BCUT2D eigenvalue weighted by Gasteiger charge is 2.29. The molecule has 0 amide bonds. The van der Waals surface area contributed by atoms with Gasteiger partial charge in [-0.25, -0.2) is 4.79 Å². The zero-order valence-electron chi connectivity index (χ0n) is 21.5. The molecule has 1 atom stereocenters. The summed E-state index contributed by atoms with van der Waals surface area (Å²) in [7, 11) is -2.35. The number of nitrogens with zero attached hydrogens (tertiary/aromatic N) is 3. The van der Waals surface area contributed by atoms with Crippen molar-refractivity contribution in [2.75, 3.05) is 20.2 Å². The normalized spacial score (nSPS) is 18.9. The number of carbonyl (C=O) groups is 1. The first-order valence-corrected chi connectivity index (χ1v) is 13.9. The SMILES string of the molecule is COC(=O)/C=C/C1=CC=C([C@@H]2CCCN2CCc2c(C)nn(S(=O)(=O)c3ccc(C)cc3)c2C)CC1. The molecule has 0 unspecified atom stereocenters. The van der Waals surface area contributed by atoms with Gasteiger partial charge in [-0.05, 0) is 82.7 Å². The molecule has 1 aromatic heterocycles. The van der Waals surface area contributed by atoms with Crippen LogP contribution in [-0.4, -0.2) is 54.7 Å². The number of methoxy groups -OCH3 is 1. The van der Waals surface area contributed by atoms with E-state index in [0.29, 0.717) is 11.7 Å². The quantitative estimate of drug-likeness (QED) is 0.387. The molecule has 7 nitrogen and oxygen atoms in total. The predicted octanol–water partition coefficient (Wildman–Crippen LogP) is 4.43. The third-order valence-corrected chi connectivity index (χ3v) is 8.92.